The van der Waals surface area contributed by atoms with Crippen molar-refractivity contribution in [1.29, 1.82) is 0 Å². The lowest BCUT2D eigenvalue weighted by Gasteiger charge is -2.35. The van der Waals surface area contributed by atoms with Gasteiger partial charge in [0.2, 0.25) is 0 Å². The van der Waals surface area contributed by atoms with Crippen molar-refractivity contribution in [3.8, 4) is 0 Å². The van der Waals surface area contributed by atoms with E-state index in [2.05, 4.69) is 39.8 Å². The molecule has 1 fully saturated rings. The summed E-state index contributed by atoms with van der Waals surface area (Å²) in [6.07, 6.45) is 4.05. The van der Waals surface area contributed by atoms with E-state index < -0.39 is 0 Å². The van der Waals surface area contributed by atoms with Crippen molar-refractivity contribution in [1.82, 2.24) is 14.7 Å². The Hall–Kier alpha value is -0.390. The van der Waals surface area contributed by atoms with Crippen LogP contribution in [0.1, 0.15) is 13.8 Å². The van der Waals surface area contributed by atoms with Crippen LogP contribution >= 0.6 is 15.9 Å². The smallest absolute Gasteiger partial charge is 0.0898 e. The van der Waals surface area contributed by atoms with Crippen LogP contribution in [0.5, 0.6) is 0 Å². The van der Waals surface area contributed by atoms with Crippen molar-refractivity contribution in [3.05, 3.63) is 16.9 Å². The average molecular weight is 288 g/mol. The van der Waals surface area contributed by atoms with Crippen LogP contribution in [0.4, 0.5) is 0 Å². The average Bonchev–Trinajstić information content (AvgIpc) is 2.64. The Labute approximate surface area is 105 Å². The van der Waals surface area contributed by atoms with Gasteiger partial charge in [-0.1, -0.05) is 0 Å². The minimum atomic E-state index is 0.253. The Morgan fingerprint density at radius 1 is 1.62 bits per heavy atom. The van der Waals surface area contributed by atoms with E-state index in [1.54, 1.807) is 0 Å². The zero-order valence-corrected chi connectivity index (χ0v) is 11.4. The molecule has 0 bridgehead atoms. The summed E-state index contributed by atoms with van der Waals surface area (Å²) in [4.78, 5) is 2.45. The largest absolute Gasteiger partial charge is 0.374 e. The van der Waals surface area contributed by atoms with E-state index in [-0.39, 0.29) is 6.10 Å². The van der Waals surface area contributed by atoms with Gasteiger partial charge >= 0.3 is 0 Å². The van der Waals surface area contributed by atoms with Crippen molar-refractivity contribution in [2.24, 2.45) is 0 Å². The van der Waals surface area contributed by atoms with E-state index >= 15 is 0 Å². The van der Waals surface area contributed by atoms with Gasteiger partial charge in [0.05, 0.1) is 29.9 Å². The first-order chi connectivity index (χ1) is 7.65. The van der Waals surface area contributed by atoms with E-state index in [1.165, 1.54) is 0 Å². The third-order valence-electron chi connectivity index (χ3n) is 2.89. The van der Waals surface area contributed by atoms with Gasteiger partial charge in [0.25, 0.3) is 0 Å². The van der Waals surface area contributed by atoms with Crippen LogP contribution in [0, 0.1) is 0 Å². The molecule has 2 heterocycles. The van der Waals surface area contributed by atoms with Gasteiger partial charge in [0.1, 0.15) is 0 Å². The molecule has 1 aliphatic heterocycles. The summed E-state index contributed by atoms with van der Waals surface area (Å²) in [5, 5.41) is 4.25. The molecule has 1 aromatic heterocycles. The minimum Gasteiger partial charge on any atom is -0.374 e. The maximum absolute atomic E-state index is 5.75. The van der Waals surface area contributed by atoms with Gasteiger partial charge in [-0.3, -0.25) is 9.58 Å². The van der Waals surface area contributed by atoms with Gasteiger partial charge in [-0.15, -0.1) is 0 Å². The predicted octanol–water partition coefficient (Wildman–Crippen LogP) is 1.75. The molecular weight excluding hydrogens is 270 g/mol. The van der Waals surface area contributed by atoms with E-state index in [4.69, 9.17) is 4.74 Å². The van der Waals surface area contributed by atoms with Gasteiger partial charge in [-0.2, -0.15) is 5.10 Å². The minimum absolute atomic E-state index is 0.253. The number of ether oxygens (including phenoxy) is 1. The Morgan fingerprint density at radius 2 is 2.44 bits per heavy atom. The zero-order chi connectivity index (χ0) is 11.5. The maximum atomic E-state index is 5.75. The summed E-state index contributed by atoms with van der Waals surface area (Å²) < 4.78 is 8.70. The lowest BCUT2D eigenvalue weighted by Crippen LogP contribution is -2.47. The van der Waals surface area contributed by atoms with E-state index in [0.717, 1.165) is 30.7 Å². The summed E-state index contributed by atoms with van der Waals surface area (Å²) in [5.41, 5.74) is 0. The lowest BCUT2D eigenvalue weighted by atomic mass is 10.2. The van der Waals surface area contributed by atoms with Gasteiger partial charge in [0.15, 0.2) is 0 Å². The molecule has 0 aromatic carbocycles. The van der Waals surface area contributed by atoms with Crippen molar-refractivity contribution in [2.75, 3.05) is 19.7 Å². The molecule has 90 valence electrons. The van der Waals surface area contributed by atoms with Gasteiger partial charge < -0.3 is 4.74 Å². The number of hydrogen-bond donors (Lipinski definition) is 0. The fourth-order valence-electron chi connectivity index (χ4n) is 1.97. The second kappa shape index (κ2) is 5.29. The molecule has 16 heavy (non-hydrogen) atoms. The number of morpholine rings is 1. The van der Waals surface area contributed by atoms with E-state index in [9.17, 15) is 0 Å². The number of hydrogen-bond acceptors (Lipinski definition) is 3. The zero-order valence-electron chi connectivity index (χ0n) is 9.77. The molecule has 1 aromatic rings. The van der Waals surface area contributed by atoms with Crippen LogP contribution in [0.2, 0.25) is 0 Å². The lowest BCUT2D eigenvalue weighted by molar-refractivity contribution is -0.0469. The molecule has 0 amide bonds. The normalized spacial score (nSPS) is 22.9. The van der Waals surface area contributed by atoms with Crippen molar-refractivity contribution < 1.29 is 4.74 Å². The van der Waals surface area contributed by atoms with Crippen molar-refractivity contribution >= 4 is 15.9 Å². The summed E-state index contributed by atoms with van der Waals surface area (Å²) in [6, 6.07) is 0.593. The second-order valence-electron chi connectivity index (χ2n) is 4.46. The number of nitrogens with zero attached hydrogens (tertiary/aromatic N) is 3. The highest BCUT2D eigenvalue weighted by molar-refractivity contribution is 9.10. The second-order valence-corrected chi connectivity index (χ2v) is 5.38. The molecule has 5 heteroatoms. The summed E-state index contributed by atoms with van der Waals surface area (Å²) in [5.74, 6) is 0. The number of halogens is 1. The van der Waals surface area contributed by atoms with Gasteiger partial charge in [-0.25, -0.2) is 0 Å². The predicted molar refractivity (Wildman–Crippen MR) is 66.4 cm³/mol. The van der Waals surface area contributed by atoms with Crippen LogP contribution in [0.3, 0.4) is 0 Å². The fourth-order valence-corrected chi connectivity index (χ4v) is 2.30. The molecular formula is C11H18BrN3O. The molecule has 0 N–H and O–H groups in total. The molecule has 1 atom stereocenters. The Balaban J connectivity index is 1.90. The van der Waals surface area contributed by atoms with Gasteiger partial charge in [0, 0.05) is 25.3 Å². The first kappa shape index (κ1) is 12.1. The summed E-state index contributed by atoms with van der Waals surface area (Å²) in [7, 11) is 0. The monoisotopic (exact) mass is 287 g/mol. The number of aromatic nitrogens is 2. The van der Waals surface area contributed by atoms with Crippen LogP contribution in [0.25, 0.3) is 0 Å². The molecule has 4 nitrogen and oxygen atoms in total. The quantitative estimate of drug-likeness (QED) is 0.849. The van der Waals surface area contributed by atoms with Gasteiger partial charge in [-0.05, 0) is 29.8 Å². The van der Waals surface area contributed by atoms with Crippen molar-refractivity contribution in [2.45, 2.75) is 32.5 Å². The highest BCUT2D eigenvalue weighted by Gasteiger charge is 2.22. The Morgan fingerprint density at radius 3 is 3.06 bits per heavy atom. The third-order valence-corrected chi connectivity index (χ3v) is 3.30. The third kappa shape index (κ3) is 3.06. The van der Waals surface area contributed by atoms with Crippen LogP contribution in [0.15, 0.2) is 16.9 Å². The molecule has 1 saturated heterocycles. The van der Waals surface area contributed by atoms with Crippen LogP contribution in [-0.2, 0) is 11.3 Å². The first-order valence-corrected chi connectivity index (χ1v) is 6.48. The first-order valence-electron chi connectivity index (χ1n) is 5.69. The van der Waals surface area contributed by atoms with Crippen LogP contribution < -0.4 is 0 Å². The molecule has 2 rings (SSSR count). The highest BCUT2D eigenvalue weighted by Crippen LogP contribution is 2.12. The molecule has 0 unspecified atom stereocenters. The molecule has 1 aliphatic rings. The Kier molecular flexibility index (Phi) is 4.00. The molecule has 0 spiro atoms. The molecule has 0 radical (unpaired) electrons. The highest BCUT2D eigenvalue weighted by atomic mass is 79.9. The van der Waals surface area contributed by atoms with Crippen LogP contribution in [-0.4, -0.2) is 46.5 Å². The maximum Gasteiger partial charge on any atom is 0.0898 e. The molecule has 0 saturated carbocycles. The van der Waals surface area contributed by atoms with Crippen molar-refractivity contribution in [3.63, 3.8) is 0 Å². The topological polar surface area (TPSA) is 30.3 Å². The van der Waals surface area contributed by atoms with E-state index in [1.807, 2.05) is 17.1 Å². The van der Waals surface area contributed by atoms with E-state index in [0.29, 0.717) is 6.04 Å². The Bertz CT molecular complexity index is 340. The summed E-state index contributed by atoms with van der Waals surface area (Å²) >= 11 is 3.40. The standard InChI is InChI=1S/C11H18BrN3O/c1-9(2)14-3-4-16-11(7-14)8-15-6-10(12)5-13-15/h5-6,9,11H,3-4,7-8H2,1-2H3/t11-/m0/s1. The SMILES string of the molecule is CC(C)N1CCO[C@H](Cn2cc(Br)cn2)C1. The molecule has 0 aliphatic carbocycles. The number of rotatable bonds is 3. The fraction of sp³-hybridized carbons (Fsp3) is 0.727. The summed E-state index contributed by atoms with van der Waals surface area (Å²) in [6.45, 7) is 8.14.